The second-order valence-corrected chi connectivity index (χ2v) is 4.89. The number of rotatable bonds is 5. The third-order valence-electron chi connectivity index (χ3n) is 3.12. The van der Waals surface area contributed by atoms with Gasteiger partial charge in [0.2, 0.25) is 0 Å². The Morgan fingerprint density at radius 3 is 2.58 bits per heavy atom. The number of methoxy groups -OCH3 is 1. The van der Waals surface area contributed by atoms with Crippen LogP contribution in [0.1, 0.15) is 17.3 Å². The fourth-order valence-corrected chi connectivity index (χ4v) is 1.90. The Balaban J connectivity index is 2.06. The fraction of sp³-hybridized carbons (Fsp3) is 0.176. The first-order valence-electron chi connectivity index (χ1n) is 7.01. The van der Waals surface area contributed by atoms with Crippen molar-refractivity contribution < 1.29 is 27.8 Å². The minimum Gasteiger partial charge on any atom is -0.481 e. The predicted octanol–water partition coefficient (Wildman–Crippen LogP) is 3.16. The number of carbonyl (C=O) groups excluding carboxylic acids is 2. The van der Waals surface area contributed by atoms with Crippen LogP contribution in [0.25, 0.3) is 0 Å². The molecular weight excluding hydrogens is 320 g/mol. The molecule has 0 heterocycles. The number of carbonyl (C=O) groups is 2. The van der Waals surface area contributed by atoms with Crippen LogP contribution in [0.15, 0.2) is 42.5 Å². The number of nitrogens with one attached hydrogen (secondary N) is 1. The summed E-state index contributed by atoms with van der Waals surface area (Å²) in [5, 5.41) is 2.25. The maximum absolute atomic E-state index is 13.5. The van der Waals surface area contributed by atoms with Gasteiger partial charge < -0.3 is 14.8 Å². The van der Waals surface area contributed by atoms with Crippen molar-refractivity contribution in [2.75, 3.05) is 12.4 Å². The highest BCUT2D eigenvalue weighted by molar-refractivity contribution is 5.94. The summed E-state index contributed by atoms with van der Waals surface area (Å²) in [6.07, 6.45) is -0.999. The second kappa shape index (κ2) is 7.54. The SMILES string of the molecule is COC(=O)c1cccc(O[C@@H](C)C(=O)Nc2cc(F)ccc2F)c1. The highest BCUT2D eigenvalue weighted by Crippen LogP contribution is 2.18. The van der Waals surface area contributed by atoms with E-state index in [1.807, 2.05) is 0 Å². The number of hydrogen-bond acceptors (Lipinski definition) is 4. The van der Waals surface area contributed by atoms with Crippen molar-refractivity contribution in [1.29, 1.82) is 0 Å². The summed E-state index contributed by atoms with van der Waals surface area (Å²) in [5.74, 6) is -2.38. The van der Waals surface area contributed by atoms with E-state index in [9.17, 15) is 18.4 Å². The molecule has 5 nitrogen and oxygen atoms in total. The summed E-state index contributed by atoms with van der Waals surface area (Å²) in [7, 11) is 1.25. The molecule has 0 aromatic heterocycles. The standard InChI is InChI=1S/C17H15F2NO4/c1-10(16(21)20-15-9-12(18)6-7-14(15)19)24-13-5-3-4-11(8-13)17(22)23-2/h3-10H,1-2H3,(H,20,21)/t10-/m0/s1. The molecule has 1 atom stereocenters. The molecule has 0 saturated heterocycles. The summed E-state index contributed by atoms with van der Waals surface area (Å²) in [6, 6.07) is 8.80. The van der Waals surface area contributed by atoms with Crippen LogP contribution in [-0.2, 0) is 9.53 Å². The van der Waals surface area contributed by atoms with E-state index < -0.39 is 29.6 Å². The van der Waals surface area contributed by atoms with Gasteiger partial charge in [0.05, 0.1) is 18.4 Å². The lowest BCUT2D eigenvalue weighted by molar-refractivity contribution is -0.122. The molecule has 1 N–H and O–H groups in total. The van der Waals surface area contributed by atoms with Crippen LogP contribution in [-0.4, -0.2) is 25.1 Å². The van der Waals surface area contributed by atoms with Gasteiger partial charge in [-0.25, -0.2) is 13.6 Å². The smallest absolute Gasteiger partial charge is 0.337 e. The van der Waals surface area contributed by atoms with E-state index in [0.29, 0.717) is 0 Å². The Hall–Kier alpha value is -2.96. The van der Waals surface area contributed by atoms with Crippen molar-refractivity contribution in [3.63, 3.8) is 0 Å². The van der Waals surface area contributed by atoms with Gasteiger partial charge in [-0.1, -0.05) is 6.07 Å². The first kappa shape index (κ1) is 17.4. The molecule has 0 spiro atoms. The molecule has 2 aromatic rings. The molecule has 2 rings (SSSR count). The van der Waals surface area contributed by atoms with Crippen molar-refractivity contribution in [2.24, 2.45) is 0 Å². The van der Waals surface area contributed by atoms with Gasteiger partial charge in [0.25, 0.3) is 5.91 Å². The van der Waals surface area contributed by atoms with Crippen LogP contribution in [0.3, 0.4) is 0 Å². The van der Waals surface area contributed by atoms with Gasteiger partial charge in [0.15, 0.2) is 6.10 Å². The van der Waals surface area contributed by atoms with Gasteiger partial charge in [-0.05, 0) is 37.3 Å². The van der Waals surface area contributed by atoms with Gasteiger partial charge in [0, 0.05) is 6.07 Å². The highest BCUT2D eigenvalue weighted by Gasteiger charge is 2.17. The average Bonchev–Trinajstić information content (AvgIpc) is 2.57. The molecule has 0 radical (unpaired) electrons. The molecule has 24 heavy (non-hydrogen) atoms. The molecule has 0 saturated carbocycles. The van der Waals surface area contributed by atoms with Crippen LogP contribution in [0, 0.1) is 11.6 Å². The molecule has 0 aliphatic rings. The third kappa shape index (κ3) is 4.28. The monoisotopic (exact) mass is 335 g/mol. The number of benzene rings is 2. The minimum atomic E-state index is -0.999. The molecule has 7 heteroatoms. The van der Waals surface area contributed by atoms with Crippen LogP contribution in [0.5, 0.6) is 5.75 Å². The molecule has 2 aromatic carbocycles. The molecule has 0 aliphatic heterocycles. The van der Waals surface area contributed by atoms with Gasteiger partial charge >= 0.3 is 5.97 Å². The van der Waals surface area contributed by atoms with E-state index in [1.54, 1.807) is 12.1 Å². The van der Waals surface area contributed by atoms with E-state index in [0.717, 1.165) is 18.2 Å². The summed E-state index contributed by atoms with van der Waals surface area (Å²) < 4.78 is 36.6. The minimum absolute atomic E-state index is 0.263. The summed E-state index contributed by atoms with van der Waals surface area (Å²) in [6.45, 7) is 1.44. The summed E-state index contributed by atoms with van der Waals surface area (Å²) in [5.41, 5.74) is -0.0162. The van der Waals surface area contributed by atoms with E-state index in [1.165, 1.54) is 26.2 Å². The van der Waals surface area contributed by atoms with Gasteiger partial charge in [0.1, 0.15) is 17.4 Å². The first-order valence-corrected chi connectivity index (χ1v) is 7.01. The van der Waals surface area contributed by atoms with Gasteiger partial charge in [-0.3, -0.25) is 4.79 Å². The number of halogens is 2. The zero-order valence-corrected chi connectivity index (χ0v) is 13.0. The van der Waals surface area contributed by atoms with Crippen molar-refractivity contribution >= 4 is 17.6 Å². The number of amides is 1. The largest absolute Gasteiger partial charge is 0.481 e. The lowest BCUT2D eigenvalue weighted by Crippen LogP contribution is -2.30. The van der Waals surface area contributed by atoms with Gasteiger partial charge in [-0.15, -0.1) is 0 Å². The van der Waals surface area contributed by atoms with Crippen molar-refractivity contribution in [3.8, 4) is 5.75 Å². The molecule has 0 aliphatic carbocycles. The zero-order chi connectivity index (χ0) is 17.7. The van der Waals surface area contributed by atoms with Crippen LogP contribution in [0.2, 0.25) is 0 Å². The lowest BCUT2D eigenvalue weighted by Gasteiger charge is -2.15. The highest BCUT2D eigenvalue weighted by atomic mass is 19.1. The molecule has 1 amide bonds. The fourth-order valence-electron chi connectivity index (χ4n) is 1.90. The Morgan fingerprint density at radius 1 is 1.12 bits per heavy atom. The van der Waals surface area contributed by atoms with Crippen LogP contribution < -0.4 is 10.1 Å². The number of esters is 1. The molecular formula is C17H15F2NO4. The lowest BCUT2D eigenvalue weighted by atomic mass is 10.2. The predicted molar refractivity (Wildman–Crippen MR) is 82.9 cm³/mol. The van der Waals surface area contributed by atoms with E-state index in [4.69, 9.17) is 4.74 Å². The molecule has 0 fully saturated rings. The Bertz CT molecular complexity index is 764. The Kier molecular flexibility index (Phi) is 5.47. The third-order valence-corrected chi connectivity index (χ3v) is 3.12. The summed E-state index contributed by atoms with van der Waals surface area (Å²) in [4.78, 5) is 23.5. The maximum Gasteiger partial charge on any atom is 0.337 e. The normalized spacial score (nSPS) is 11.5. The van der Waals surface area contributed by atoms with Crippen molar-refractivity contribution in [3.05, 3.63) is 59.7 Å². The summed E-state index contributed by atoms with van der Waals surface area (Å²) >= 11 is 0. The zero-order valence-electron chi connectivity index (χ0n) is 13.0. The molecule has 0 unspecified atom stereocenters. The topological polar surface area (TPSA) is 64.6 Å². The van der Waals surface area contributed by atoms with Crippen LogP contribution in [0.4, 0.5) is 14.5 Å². The van der Waals surface area contributed by atoms with Crippen molar-refractivity contribution in [2.45, 2.75) is 13.0 Å². The van der Waals surface area contributed by atoms with E-state index in [2.05, 4.69) is 10.1 Å². The van der Waals surface area contributed by atoms with Crippen LogP contribution >= 0.6 is 0 Å². The van der Waals surface area contributed by atoms with E-state index >= 15 is 0 Å². The van der Waals surface area contributed by atoms with Crippen molar-refractivity contribution in [1.82, 2.24) is 0 Å². The quantitative estimate of drug-likeness (QED) is 0.853. The maximum atomic E-state index is 13.5. The second-order valence-electron chi connectivity index (χ2n) is 4.89. The first-order chi connectivity index (χ1) is 11.4. The molecule has 126 valence electrons. The number of ether oxygens (including phenoxy) is 2. The molecule has 0 bridgehead atoms. The number of hydrogen-bond donors (Lipinski definition) is 1. The average molecular weight is 335 g/mol. The van der Waals surface area contributed by atoms with E-state index in [-0.39, 0.29) is 17.0 Å². The number of anilines is 1. The Morgan fingerprint density at radius 2 is 1.88 bits per heavy atom. The van der Waals surface area contributed by atoms with Gasteiger partial charge in [-0.2, -0.15) is 0 Å². The Labute approximate surface area is 137 Å².